The molecule has 2 bridgehead atoms. The Hall–Kier alpha value is -1.91. The molecule has 3 aliphatic rings. The number of nitrogens with zero attached hydrogens (tertiary/aromatic N) is 2. The Morgan fingerprint density at radius 2 is 2.20 bits per heavy atom. The lowest BCUT2D eigenvalue weighted by molar-refractivity contribution is -0.0704. The summed E-state index contributed by atoms with van der Waals surface area (Å²) in [5.74, 6) is 2.61. The normalized spacial score (nSPS) is 32.5. The largest absolute Gasteiger partial charge is 0.497 e. The fourth-order valence-corrected chi connectivity index (χ4v) is 4.83. The lowest BCUT2D eigenvalue weighted by Crippen LogP contribution is -2.58. The minimum absolute atomic E-state index is 0.161. The van der Waals surface area contributed by atoms with Gasteiger partial charge in [-0.25, -0.2) is 0 Å². The van der Waals surface area contributed by atoms with Gasteiger partial charge in [0.15, 0.2) is 0 Å². The van der Waals surface area contributed by atoms with Gasteiger partial charge in [-0.1, -0.05) is 13.0 Å². The van der Waals surface area contributed by atoms with Crippen molar-refractivity contribution >= 4 is 10.9 Å². The van der Waals surface area contributed by atoms with E-state index in [1.807, 2.05) is 24.3 Å². The molecule has 6 atom stereocenters. The summed E-state index contributed by atoms with van der Waals surface area (Å²) in [6.07, 6.45) is 4.40. The maximum atomic E-state index is 11.2. The number of ether oxygens (including phenoxy) is 1. The Bertz CT molecular complexity index is 791. The first kappa shape index (κ1) is 16.6. The second kappa shape index (κ2) is 6.43. The smallest absolute Gasteiger partial charge is 0.119 e. The number of rotatable bonds is 4. The predicted octanol–water partition coefficient (Wildman–Crippen LogP) is 3.42. The van der Waals surface area contributed by atoms with Gasteiger partial charge in [0.25, 0.3) is 0 Å². The third kappa shape index (κ3) is 2.74. The van der Waals surface area contributed by atoms with Crippen molar-refractivity contribution in [3.8, 4) is 5.75 Å². The molecule has 132 valence electrons. The maximum Gasteiger partial charge on any atom is 0.119 e. The molecule has 3 saturated heterocycles. The second-order valence-corrected chi connectivity index (χ2v) is 7.53. The van der Waals surface area contributed by atoms with Gasteiger partial charge in [0.05, 0.1) is 18.7 Å². The van der Waals surface area contributed by atoms with Crippen LogP contribution in [0.5, 0.6) is 5.75 Å². The molecule has 1 aromatic heterocycles. The monoisotopic (exact) mass is 338 g/mol. The van der Waals surface area contributed by atoms with E-state index in [0.29, 0.717) is 17.8 Å². The van der Waals surface area contributed by atoms with Crippen molar-refractivity contribution in [3.63, 3.8) is 0 Å². The first-order valence-electron chi connectivity index (χ1n) is 9.09. The Balaban J connectivity index is 1.69. The Morgan fingerprint density at radius 1 is 1.36 bits per heavy atom. The predicted molar refractivity (Wildman–Crippen MR) is 99.6 cm³/mol. The van der Waals surface area contributed by atoms with Crippen LogP contribution in [0.1, 0.15) is 25.0 Å². The van der Waals surface area contributed by atoms with Crippen LogP contribution in [0.4, 0.5) is 0 Å². The number of methoxy groups -OCH3 is 1. The van der Waals surface area contributed by atoms with Gasteiger partial charge >= 0.3 is 0 Å². The van der Waals surface area contributed by atoms with Crippen LogP contribution in [0.25, 0.3) is 10.9 Å². The summed E-state index contributed by atoms with van der Waals surface area (Å²) < 4.78 is 5.36. The molecule has 1 N–H and O–H groups in total. The Labute approximate surface area is 149 Å². The van der Waals surface area contributed by atoms with Gasteiger partial charge in [-0.2, -0.15) is 0 Å². The molecule has 5 rings (SSSR count). The quantitative estimate of drug-likeness (QED) is 0.868. The van der Waals surface area contributed by atoms with E-state index in [1.165, 1.54) is 0 Å². The van der Waals surface area contributed by atoms with Crippen molar-refractivity contribution in [1.82, 2.24) is 9.88 Å². The van der Waals surface area contributed by atoms with Crippen LogP contribution in [-0.2, 0) is 0 Å². The van der Waals surface area contributed by atoms with Crippen molar-refractivity contribution in [2.24, 2.45) is 17.8 Å². The maximum absolute atomic E-state index is 11.2. The van der Waals surface area contributed by atoms with E-state index in [9.17, 15) is 5.11 Å². The average molecular weight is 338 g/mol. The van der Waals surface area contributed by atoms with Crippen molar-refractivity contribution in [2.45, 2.75) is 25.5 Å². The van der Waals surface area contributed by atoms with Crippen LogP contribution in [0.3, 0.4) is 0 Å². The van der Waals surface area contributed by atoms with Crippen LogP contribution in [0, 0.1) is 17.8 Å². The van der Waals surface area contributed by atoms with Gasteiger partial charge < -0.3 is 9.84 Å². The van der Waals surface area contributed by atoms with Crippen molar-refractivity contribution in [3.05, 3.63) is 48.7 Å². The number of aliphatic hydroxyl groups is 1. The zero-order valence-electron chi connectivity index (χ0n) is 14.9. The molecular formula is C21H26N2O2. The van der Waals surface area contributed by atoms with E-state index in [1.54, 1.807) is 13.3 Å². The fraction of sp³-hybridized carbons (Fsp3) is 0.476. The number of aromatic nitrogens is 1. The van der Waals surface area contributed by atoms with E-state index in [2.05, 4.69) is 29.5 Å². The lowest BCUT2D eigenvalue weighted by Gasteiger charge is -2.53. The molecule has 2 unspecified atom stereocenters. The minimum Gasteiger partial charge on any atom is -0.497 e. The van der Waals surface area contributed by atoms with E-state index < -0.39 is 6.10 Å². The van der Waals surface area contributed by atoms with Gasteiger partial charge in [-0.3, -0.25) is 9.88 Å². The van der Waals surface area contributed by atoms with Crippen LogP contribution in [-0.4, -0.2) is 41.2 Å². The Kier molecular flexibility index (Phi) is 4.26. The molecule has 4 heteroatoms. The van der Waals surface area contributed by atoms with Crippen LogP contribution < -0.4 is 4.74 Å². The molecule has 3 fully saturated rings. The number of aliphatic hydroxyl groups excluding tert-OH is 1. The molecule has 0 saturated carbocycles. The molecule has 4 heterocycles. The summed E-state index contributed by atoms with van der Waals surface area (Å²) >= 11 is 0. The minimum atomic E-state index is -0.515. The number of benzene rings is 1. The van der Waals surface area contributed by atoms with Crippen molar-refractivity contribution in [2.75, 3.05) is 20.2 Å². The second-order valence-electron chi connectivity index (χ2n) is 7.53. The zero-order valence-corrected chi connectivity index (χ0v) is 14.9. The van der Waals surface area contributed by atoms with Crippen LogP contribution in [0.15, 0.2) is 43.1 Å². The average Bonchev–Trinajstić information content (AvgIpc) is 2.66. The standard InChI is InChI=1S/C21H26N2O2/c1-4-14-12-23-11-13(2)17(14)10-20(23)21(24)16-7-8-22-19-6-5-15(25-3)9-18(16)19/h4-9,13-14,17,20-21,24H,1,10-12H2,2-3H3/t13?,14-,17-,20+,21-/m0/s1. The van der Waals surface area contributed by atoms with Gasteiger partial charge in [0.2, 0.25) is 0 Å². The van der Waals surface area contributed by atoms with Gasteiger partial charge in [-0.05, 0) is 54.0 Å². The first-order valence-corrected chi connectivity index (χ1v) is 9.09. The van der Waals surface area contributed by atoms with E-state index in [0.717, 1.165) is 41.7 Å². The summed E-state index contributed by atoms with van der Waals surface area (Å²) in [6, 6.07) is 7.95. The summed E-state index contributed by atoms with van der Waals surface area (Å²) in [4.78, 5) is 6.89. The highest BCUT2D eigenvalue weighted by atomic mass is 16.5. The molecule has 0 amide bonds. The van der Waals surface area contributed by atoms with Crippen LogP contribution in [0.2, 0.25) is 0 Å². The highest BCUT2D eigenvalue weighted by molar-refractivity contribution is 5.83. The molecule has 25 heavy (non-hydrogen) atoms. The third-order valence-electron chi connectivity index (χ3n) is 6.20. The number of hydrogen-bond donors (Lipinski definition) is 1. The molecular weight excluding hydrogens is 312 g/mol. The lowest BCUT2D eigenvalue weighted by atomic mass is 9.68. The highest BCUT2D eigenvalue weighted by Crippen LogP contribution is 2.44. The first-order chi connectivity index (χ1) is 12.1. The van der Waals surface area contributed by atoms with E-state index in [-0.39, 0.29) is 6.04 Å². The summed E-state index contributed by atoms with van der Waals surface area (Å²) in [5, 5.41) is 12.2. The summed E-state index contributed by atoms with van der Waals surface area (Å²) in [7, 11) is 1.66. The van der Waals surface area contributed by atoms with Crippen LogP contribution >= 0.6 is 0 Å². The van der Waals surface area contributed by atoms with Crippen molar-refractivity contribution in [1.29, 1.82) is 0 Å². The van der Waals surface area contributed by atoms with E-state index >= 15 is 0 Å². The SMILES string of the molecule is C=C[C@H]1CN2CC(C)[C@@H]1C[C@@H]2[C@@H](O)c1ccnc2ccc(OC)cc12. The molecule has 1 aromatic carbocycles. The Morgan fingerprint density at radius 3 is 2.92 bits per heavy atom. The van der Waals surface area contributed by atoms with E-state index in [4.69, 9.17) is 4.74 Å². The molecule has 2 aromatic rings. The zero-order chi connectivity index (χ0) is 17.6. The highest BCUT2D eigenvalue weighted by Gasteiger charge is 2.45. The summed E-state index contributed by atoms with van der Waals surface area (Å²) in [6.45, 7) is 8.40. The molecule has 0 radical (unpaired) electrons. The van der Waals surface area contributed by atoms with Gasteiger partial charge in [-0.15, -0.1) is 6.58 Å². The third-order valence-corrected chi connectivity index (χ3v) is 6.20. The fourth-order valence-electron chi connectivity index (χ4n) is 4.83. The summed E-state index contributed by atoms with van der Waals surface area (Å²) in [5.41, 5.74) is 1.84. The topological polar surface area (TPSA) is 45.6 Å². The molecule has 4 nitrogen and oxygen atoms in total. The number of pyridine rings is 1. The molecule has 3 aliphatic heterocycles. The number of hydrogen-bond acceptors (Lipinski definition) is 4. The van der Waals surface area contributed by atoms with Gasteiger partial charge in [0.1, 0.15) is 5.75 Å². The number of piperidine rings is 3. The van der Waals surface area contributed by atoms with Gasteiger partial charge in [0, 0.05) is 30.7 Å². The molecule has 0 spiro atoms. The van der Waals surface area contributed by atoms with Crippen molar-refractivity contribution < 1.29 is 9.84 Å². The molecule has 0 aliphatic carbocycles. The number of fused-ring (bicyclic) bond motifs is 4.